The molecule has 4 rings (SSSR count). The molecule has 1 aliphatic rings. The van der Waals surface area contributed by atoms with Gasteiger partial charge in [-0.15, -0.1) is 0 Å². The number of hydrogen-bond acceptors (Lipinski definition) is 5. The normalized spacial score (nSPS) is 16.9. The Morgan fingerprint density at radius 1 is 1.13 bits per heavy atom. The largest absolute Gasteiger partial charge is 0.349 e. The summed E-state index contributed by atoms with van der Waals surface area (Å²) < 4.78 is 25.2. The smallest absolute Gasteiger partial charge is 0.240 e. The summed E-state index contributed by atoms with van der Waals surface area (Å²) in [5.41, 5.74) is 2.13. The number of carbonyl (C=O) groups is 2. The lowest BCUT2D eigenvalue weighted by Crippen LogP contribution is -2.39. The summed E-state index contributed by atoms with van der Waals surface area (Å²) in [6.07, 6.45) is 1.36. The zero-order chi connectivity index (χ0) is 21.3. The molecule has 9 heteroatoms. The molecule has 0 saturated carbocycles. The van der Waals surface area contributed by atoms with Crippen molar-refractivity contribution in [1.29, 1.82) is 0 Å². The van der Waals surface area contributed by atoms with Gasteiger partial charge in [0, 0.05) is 24.9 Å². The Balaban J connectivity index is 1.50. The van der Waals surface area contributed by atoms with Crippen LogP contribution in [0, 0.1) is 0 Å². The van der Waals surface area contributed by atoms with Gasteiger partial charge in [-0.25, -0.2) is 13.4 Å². The Morgan fingerprint density at radius 3 is 2.57 bits per heavy atom. The first-order chi connectivity index (χ1) is 14.3. The minimum atomic E-state index is -3.32. The number of hydrogen-bond donors (Lipinski definition) is 1. The number of fused-ring (bicyclic) bond motifs is 1. The van der Waals surface area contributed by atoms with E-state index in [-0.39, 0.29) is 36.6 Å². The Bertz CT molecular complexity index is 1200. The number of carbonyl (C=O) groups excluding carboxylic acids is 2. The van der Waals surface area contributed by atoms with E-state index in [4.69, 9.17) is 0 Å². The molecule has 3 aromatic rings. The van der Waals surface area contributed by atoms with Crippen LogP contribution in [0.15, 0.2) is 54.6 Å². The predicted octanol–water partition coefficient (Wildman–Crippen LogP) is 1.50. The van der Waals surface area contributed by atoms with Gasteiger partial charge in [-0.3, -0.25) is 9.59 Å². The van der Waals surface area contributed by atoms with Gasteiger partial charge in [0.05, 0.1) is 17.1 Å². The van der Waals surface area contributed by atoms with E-state index in [1.165, 1.54) is 0 Å². The minimum absolute atomic E-state index is 0.0441. The highest BCUT2D eigenvalue weighted by Crippen LogP contribution is 2.21. The fraction of sp³-hybridized carbons (Fsp3) is 0.286. The number of sulfone groups is 1. The summed E-state index contributed by atoms with van der Waals surface area (Å²) in [4.78, 5) is 31.1. The zero-order valence-corrected chi connectivity index (χ0v) is 17.3. The van der Waals surface area contributed by atoms with Crippen molar-refractivity contribution in [3.8, 4) is 0 Å². The molecule has 1 aliphatic heterocycles. The first-order valence-corrected chi connectivity index (χ1v) is 11.6. The number of aromatic nitrogens is 2. The molecule has 1 fully saturated rings. The Labute approximate surface area is 174 Å². The molecule has 156 valence electrons. The van der Waals surface area contributed by atoms with Gasteiger partial charge in [-0.1, -0.05) is 30.3 Å². The third-order valence-corrected chi connectivity index (χ3v) is 5.77. The number of imidazole rings is 1. The average molecular weight is 426 g/mol. The number of para-hydroxylation sites is 3. The lowest BCUT2D eigenvalue weighted by molar-refractivity contribution is -0.122. The van der Waals surface area contributed by atoms with Crippen molar-refractivity contribution in [1.82, 2.24) is 14.9 Å². The van der Waals surface area contributed by atoms with Gasteiger partial charge in [0.1, 0.15) is 18.1 Å². The number of nitrogens with one attached hydrogen (secondary N) is 1. The standard InChI is InChI=1S/C21H22N4O4S/c1-30(28,29)14-19-23-17-9-5-6-10-18(17)25(19)13-20(26)22-15-11-21(27)24(12-15)16-7-3-2-4-8-16/h2-10,15H,11-14H2,1H3,(H,22,26). The second kappa shape index (κ2) is 7.91. The molecule has 1 unspecified atom stereocenters. The van der Waals surface area contributed by atoms with Crippen molar-refractivity contribution in [3.63, 3.8) is 0 Å². The molecule has 2 aromatic carbocycles. The molecule has 2 amide bonds. The zero-order valence-electron chi connectivity index (χ0n) is 16.5. The van der Waals surface area contributed by atoms with Crippen LogP contribution in [0.1, 0.15) is 12.2 Å². The number of rotatable bonds is 6. The summed E-state index contributed by atoms with van der Waals surface area (Å²) in [6, 6.07) is 16.2. The van der Waals surface area contributed by atoms with Crippen molar-refractivity contribution in [2.75, 3.05) is 17.7 Å². The van der Waals surface area contributed by atoms with Crippen LogP contribution in [0.4, 0.5) is 5.69 Å². The van der Waals surface area contributed by atoms with E-state index in [9.17, 15) is 18.0 Å². The summed E-state index contributed by atoms with van der Waals surface area (Å²) >= 11 is 0. The van der Waals surface area contributed by atoms with Crippen molar-refractivity contribution in [2.45, 2.75) is 24.8 Å². The van der Waals surface area contributed by atoms with Crippen molar-refractivity contribution >= 4 is 38.4 Å². The molecule has 1 saturated heterocycles. The molecule has 0 spiro atoms. The summed E-state index contributed by atoms with van der Waals surface area (Å²) in [6.45, 7) is 0.330. The average Bonchev–Trinajstić information content (AvgIpc) is 3.21. The monoisotopic (exact) mass is 426 g/mol. The summed E-state index contributed by atoms with van der Waals surface area (Å²) in [7, 11) is -3.32. The molecule has 1 aromatic heterocycles. The van der Waals surface area contributed by atoms with Crippen LogP contribution in [-0.4, -0.2) is 48.6 Å². The molecule has 1 atom stereocenters. The second-order valence-corrected chi connectivity index (χ2v) is 9.62. The molecular weight excluding hydrogens is 404 g/mol. The van der Waals surface area contributed by atoms with E-state index >= 15 is 0 Å². The van der Waals surface area contributed by atoms with Crippen LogP contribution in [-0.2, 0) is 31.7 Å². The third-order valence-electron chi connectivity index (χ3n) is 4.98. The first-order valence-electron chi connectivity index (χ1n) is 9.57. The Hall–Kier alpha value is -3.20. The molecule has 0 bridgehead atoms. The highest BCUT2D eigenvalue weighted by atomic mass is 32.2. The maximum Gasteiger partial charge on any atom is 0.240 e. The number of benzene rings is 2. The van der Waals surface area contributed by atoms with E-state index in [0.717, 1.165) is 11.9 Å². The molecular formula is C21H22N4O4S. The summed E-state index contributed by atoms with van der Waals surface area (Å²) in [5.74, 6) is -0.265. The van der Waals surface area contributed by atoms with Gasteiger partial charge in [0.15, 0.2) is 9.84 Å². The van der Waals surface area contributed by atoms with Crippen molar-refractivity contribution in [2.24, 2.45) is 0 Å². The molecule has 1 N–H and O–H groups in total. The lowest BCUT2D eigenvalue weighted by atomic mass is 10.2. The fourth-order valence-corrected chi connectivity index (χ4v) is 4.41. The quantitative estimate of drug-likeness (QED) is 0.644. The maximum absolute atomic E-state index is 12.7. The highest BCUT2D eigenvalue weighted by Gasteiger charge is 2.31. The molecule has 8 nitrogen and oxygen atoms in total. The van der Waals surface area contributed by atoms with E-state index in [1.807, 2.05) is 42.5 Å². The minimum Gasteiger partial charge on any atom is -0.349 e. The third kappa shape index (κ3) is 4.35. The van der Waals surface area contributed by atoms with E-state index in [1.54, 1.807) is 21.6 Å². The molecule has 0 radical (unpaired) electrons. The second-order valence-electron chi connectivity index (χ2n) is 7.48. The van der Waals surface area contributed by atoms with Crippen LogP contribution in [0.5, 0.6) is 0 Å². The van der Waals surface area contributed by atoms with Gasteiger partial charge in [0.25, 0.3) is 0 Å². The number of amides is 2. The van der Waals surface area contributed by atoms with Gasteiger partial charge >= 0.3 is 0 Å². The topological polar surface area (TPSA) is 101 Å². The van der Waals surface area contributed by atoms with E-state index in [2.05, 4.69) is 10.3 Å². The highest BCUT2D eigenvalue weighted by molar-refractivity contribution is 7.89. The number of anilines is 1. The van der Waals surface area contributed by atoms with Crippen molar-refractivity contribution < 1.29 is 18.0 Å². The molecule has 0 aliphatic carbocycles. The van der Waals surface area contributed by atoms with Crippen LogP contribution < -0.4 is 10.2 Å². The van der Waals surface area contributed by atoms with Crippen LogP contribution in [0.3, 0.4) is 0 Å². The fourth-order valence-electron chi connectivity index (χ4n) is 3.73. The van der Waals surface area contributed by atoms with Gasteiger partial charge in [0.2, 0.25) is 11.8 Å². The first kappa shape index (κ1) is 20.1. The number of nitrogens with zero attached hydrogens (tertiary/aromatic N) is 3. The van der Waals surface area contributed by atoms with E-state index in [0.29, 0.717) is 23.4 Å². The van der Waals surface area contributed by atoms with E-state index < -0.39 is 9.84 Å². The van der Waals surface area contributed by atoms with Crippen molar-refractivity contribution in [3.05, 3.63) is 60.4 Å². The maximum atomic E-state index is 12.7. The lowest BCUT2D eigenvalue weighted by Gasteiger charge is -2.17. The Morgan fingerprint density at radius 2 is 1.83 bits per heavy atom. The molecule has 2 heterocycles. The SMILES string of the molecule is CS(=O)(=O)Cc1nc2ccccc2n1CC(=O)NC1CC(=O)N(c2ccccc2)C1. The van der Waals surface area contributed by atoms with Gasteiger partial charge < -0.3 is 14.8 Å². The van der Waals surface area contributed by atoms with Crippen LogP contribution >= 0.6 is 0 Å². The molecule has 30 heavy (non-hydrogen) atoms. The van der Waals surface area contributed by atoms with Crippen LogP contribution in [0.25, 0.3) is 11.0 Å². The van der Waals surface area contributed by atoms with Gasteiger partial charge in [-0.05, 0) is 24.3 Å². The predicted molar refractivity (Wildman–Crippen MR) is 114 cm³/mol. The summed E-state index contributed by atoms with van der Waals surface area (Å²) in [5, 5.41) is 2.90. The Kier molecular flexibility index (Phi) is 5.29. The van der Waals surface area contributed by atoms with Gasteiger partial charge in [-0.2, -0.15) is 0 Å². The van der Waals surface area contributed by atoms with Crippen LogP contribution in [0.2, 0.25) is 0 Å².